The first-order valence-corrected chi connectivity index (χ1v) is 11.3. The first-order chi connectivity index (χ1) is 15.8. The minimum absolute atomic E-state index is 0.114. The number of rotatable bonds is 6. The maximum Gasteiger partial charge on any atom is 0.259 e. The lowest BCUT2D eigenvalue weighted by Gasteiger charge is -2.30. The van der Waals surface area contributed by atoms with E-state index in [4.69, 9.17) is 26.1 Å². The third-order valence-electron chi connectivity index (χ3n) is 5.89. The second-order valence-electron chi connectivity index (χ2n) is 8.01. The van der Waals surface area contributed by atoms with Crippen LogP contribution >= 0.6 is 11.6 Å². The summed E-state index contributed by atoms with van der Waals surface area (Å²) in [7, 11) is 0. The molecule has 32 heavy (non-hydrogen) atoms. The largest absolute Gasteiger partial charge is 0.356 e. The highest BCUT2D eigenvalue weighted by Gasteiger charge is 2.25. The molecule has 0 N–H and O–H groups in total. The Morgan fingerprint density at radius 2 is 1.81 bits per heavy atom. The monoisotopic (exact) mass is 445 g/mol. The first kappa shape index (κ1) is 20.6. The number of halogens is 1. The molecule has 6 nitrogen and oxygen atoms in total. The molecule has 3 aromatic heterocycles. The van der Waals surface area contributed by atoms with Crippen LogP contribution in [-0.2, 0) is 6.42 Å². The van der Waals surface area contributed by atoms with Gasteiger partial charge in [0.25, 0.3) is 5.89 Å². The Hall–Kier alpha value is -3.25. The molecule has 162 valence electrons. The molecule has 7 heteroatoms. The molecular weight excluding hydrogens is 422 g/mol. The molecule has 0 amide bonds. The Morgan fingerprint density at radius 3 is 2.62 bits per heavy atom. The van der Waals surface area contributed by atoms with Gasteiger partial charge in [-0.1, -0.05) is 41.0 Å². The van der Waals surface area contributed by atoms with Crippen molar-refractivity contribution < 1.29 is 4.52 Å². The molecule has 0 saturated carbocycles. The number of hydrogen-bond acceptors (Lipinski definition) is 6. The lowest BCUT2D eigenvalue weighted by Crippen LogP contribution is -2.31. The molecule has 0 spiro atoms. The minimum Gasteiger partial charge on any atom is -0.356 e. The highest BCUT2D eigenvalue weighted by Crippen LogP contribution is 2.33. The van der Waals surface area contributed by atoms with E-state index in [0.717, 1.165) is 30.0 Å². The predicted octanol–water partition coefficient (Wildman–Crippen LogP) is 5.54. The fourth-order valence-electron chi connectivity index (χ4n) is 4.26. The molecule has 4 heterocycles. The van der Waals surface area contributed by atoms with E-state index >= 15 is 0 Å². The summed E-state index contributed by atoms with van der Waals surface area (Å²) in [6, 6.07) is 15.6. The van der Waals surface area contributed by atoms with E-state index < -0.39 is 0 Å². The quantitative estimate of drug-likeness (QED) is 0.388. The summed E-state index contributed by atoms with van der Waals surface area (Å²) in [6.45, 7) is 2.08. The Balaban J connectivity index is 1.51. The fourth-order valence-corrected chi connectivity index (χ4v) is 4.48. The van der Waals surface area contributed by atoms with Crippen molar-refractivity contribution >= 4 is 17.4 Å². The van der Waals surface area contributed by atoms with Gasteiger partial charge in [0.2, 0.25) is 0 Å². The molecule has 5 rings (SSSR count). The second-order valence-corrected chi connectivity index (χ2v) is 8.42. The van der Waals surface area contributed by atoms with Gasteiger partial charge < -0.3 is 9.42 Å². The second kappa shape index (κ2) is 9.49. The summed E-state index contributed by atoms with van der Waals surface area (Å²) in [5, 5.41) is 4.93. The maximum atomic E-state index is 6.35. The van der Waals surface area contributed by atoms with E-state index in [9.17, 15) is 0 Å². The molecule has 0 radical (unpaired) electrons. The molecular formula is C25H24ClN5O. The van der Waals surface area contributed by atoms with E-state index in [0.29, 0.717) is 23.2 Å². The molecule has 1 atom stereocenters. The van der Waals surface area contributed by atoms with Crippen LogP contribution in [-0.4, -0.2) is 33.2 Å². The van der Waals surface area contributed by atoms with Crippen LogP contribution in [0.2, 0.25) is 5.02 Å². The molecule has 1 unspecified atom stereocenters. The van der Waals surface area contributed by atoms with Crippen molar-refractivity contribution in [2.75, 3.05) is 18.0 Å². The Labute approximate surface area is 192 Å². The summed E-state index contributed by atoms with van der Waals surface area (Å²) < 4.78 is 5.63. The molecule has 0 bridgehead atoms. The topological polar surface area (TPSA) is 67.9 Å². The number of hydrogen-bond donors (Lipinski definition) is 0. The number of anilines is 1. The van der Waals surface area contributed by atoms with Crippen LogP contribution in [0.5, 0.6) is 0 Å². The van der Waals surface area contributed by atoms with E-state index in [2.05, 4.69) is 27.2 Å². The average Bonchev–Trinajstić information content (AvgIpc) is 3.34. The van der Waals surface area contributed by atoms with Crippen molar-refractivity contribution in [2.24, 2.45) is 0 Å². The average molecular weight is 446 g/mol. The summed E-state index contributed by atoms with van der Waals surface area (Å²) in [4.78, 5) is 16.2. The Bertz CT molecular complexity index is 1170. The summed E-state index contributed by atoms with van der Waals surface area (Å²) in [6.07, 6.45) is 9.90. The number of nitrogens with zero attached hydrogens (tertiary/aromatic N) is 5. The molecule has 4 aromatic rings. The molecule has 0 aliphatic carbocycles. The summed E-state index contributed by atoms with van der Waals surface area (Å²) >= 11 is 6.35. The number of piperidine rings is 1. The molecule has 1 aliphatic rings. The zero-order valence-corrected chi connectivity index (χ0v) is 18.4. The molecule has 1 saturated heterocycles. The minimum atomic E-state index is -0.114. The molecule has 1 aliphatic heterocycles. The summed E-state index contributed by atoms with van der Waals surface area (Å²) in [5.74, 6) is 1.97. The maximum absolute atomic E-state index is 6.35. The van der Waals surface area contributed by atoms with Gasteiger partial charge in [0.15, 0.2) is 5.82 Å². The highest BCUT2D eigenvalue weighted by molar-refractivity contribution is 6.33. The van der Waals surface area contributed by atoms with Crippen LogP contribution in [0.25, 0.3) is 11.5 Å². The standard InChI is InChI=1S/C25H24ClN5O/c26-22-11-3-2-10-20(22)25-29-23(30-32-25)21(19-9-6-12-27-17-19)16-18-8-7-13-28-24(18)31-14-4-1-5-15-31/h2-3,6-13,17,21H,1,4-5,14-16H2. The van der Waals surface area contributed by atoms with Crippen LogP contribution in [0.15, 0.2) is 71.6 Å². The SMILES string of the molecule is Clc1ccccc1-c1nc(C(Cc2cccnc2N2CCCCC2)c2cccnc2)no1. The fraction of sp³-hybridized carbons (Fsp3) is 0.280. The van der Waals surface area contributed by atoms with E-state index in [1.807, 2.05) is 48.8 Å². The number of aromatic nitrogens is 4. The van der Waals surface area contributed by atoms with E-state index in [-0.39, 0.29) is 5.92 Å². The van der Waals surface area contributed by atoms with E-state index in [1.165, 1.54) is 24.8 Å². The summed E-state index contributed by atoms with van der Waals surface area (Å²) in [5.41, 5.74) is 2.94. The van der Waals surface area contributed by atoms with Gasteiger partial charge in [-0.2, -0.15) is 4.98 Å². The van der Waals surface area contributed by atoms with Crippen molar-refractivity contribution in [3.8, 4) is 11.5 Å². The van der Waals surface area contributed by atoms with Gasteiger partial charge in [-0.25, -0.2) is 4.98 Å². The zero-order valence-electron chi connectivity index (χ0n) is 17.7. The van der Waals surface area contributed by atoms with Gasteiger partial charge in [0.1, 0.15) is 5.82 Å². The molecule has 1 aromatic carbocycles. The van der Waals surface area contributed by atoms with Crippen molar-refractivity contribution in [3.05, 3.63) is 89.1 Å². The van der Waals surface area contributed by atoms with Crippen molar-refractivity contribution in [3.63, 3.8) is 0 Å². The van der Waals surface area contributed by atoms with Crippen LogP contribution < -0.4 is 4.90 Å². The third-order valence-corrected chi connectivity index (χ3v) is 6.22. The lowest BCUT2D eigenvalue weighted by atomic mass is 9.92. The van der Waals surface area contributed by atoms with Gasteiger partial charge in [0, 0.05) is 31.7 Å². The molecule has 1 fully saturated rings. The van der Waals surface area contributed by atoms with Crippen LogP contribution in [0.4, 0.5) is 5.82 Å². The smallest absolute Gasteiger partial charge is 0.259 e. The van der Waals surface area contributed by atoms with Gasteiger partial charge >= 0.3 is 0 Å². The third kappa shape index (κ3) is 4.36. The van der Waals surface area contributed by atoms with Crippen LogP contribution in [0, 0.1) is 0 Å². The van der Waals surface area contributed by atoms with Crippen molar-refractivity contribution in [1.29, 1.82) is 0 Å². The highest BCUT2D eigenvalue weighted by atomic mass is 35.5. The predicted molar refractivity (Wildman–Crippen MR) is 125 cm³/mol. The van der Waals surface area contributed by atoms with Crippen molar-refractivity contribution in [1.82, 2.24) is 20.1 Å². The first-order valence-electron chi connectivity index (χ1n) is 11.0. The van der Waals surface area contributed by atoms with E-state index in [1.54, 1.807) is 6.20 Å². The number of benzene rings is 1. The van der Waals surface area contributed by atoms with Gasteiger partial charge in [-0.3, -0.25) is 4.98 Å². The van der Waals surface area contributed by atoms with Crippen LogP contribution in [0.3, 0.4) is 0 Å². The van der Waals surface area contributed by atoms with Crippen molar-refractivity contribution in [2.45, 2.75) is 31.6 Å². The normalized spacial score (nSPS) is 15.0. The van der Waals surface area contributed by atoms with Gasteiger partial charge in [-0.05, 0) is 61.1 Å². The van der Waals surface area contributed by atoms with Crippen LogP contribution in [0.1, 0.15) is 42.1 Å². The lowest BCUT2D eigenvalue weighted by molar-refractivity contribution is 0.419. The van der Waals surface area contributed by atoms with Gasteiger partial charge in [0.05, 0.1) is 16.5 Å². The zero-order chi connectivity index (χ0) is 21.8. The van der Waals surface area contributed by atoms with Gasteiger partial charge in [-0.15, -0.1) is 0 Å². The Morgan fingerprint density at radius 1 is 0.969 bits per heavy atom. The Kier molecular flexibility index (Phi) is 6.12. The number of pyridine rings is 2.